The number of nitrogens with two attached hydrogens (primary N) is 1. The first-order valence-corrected chi connectivity index (χ1v) is 10.9. The molecule has 0 radical (unpaired) electrons. The fraction of sp³-hybridized carbons (Fsp3) is 0.174. The largest absolute Gasteiger partial charge is 0.464 e. The van der Waals surface area contributed by atoms with Gasteiger partial charge in [0.25, 0.3) is 5.69 Å². The van der Waals surface area contributed by atoms with Gasteiger partial charge in [0.2, 0.25) is 5.91 Å². The number of hydrogen-bond acceptors (Lipinski definition) is 8. The van der Waals surface area contributed by atoms with Crippen molar-refractivity contribution in [1.82, 2.24) is 9.88 Å². The van der Waals surface area contributed by atoms with E-state index in [1.54, 1.807) is 19.5 Å². The lowest BCUT2D eigenvalue weighted by Gasteiger charge is -2.40. The van der Waals surface area contributed by atoms with Gasteiger partial charge < -0.3 is 10.2 Å². The van der Waals surface area contributed by atoms with Gasteiger partial charge in [-0.05, 0) is 47.7 Å². The first-order valence-electron chi connectivity index (χ1n) is 10.1. The van der Waals surface area contributed by atoms with Gasteiger partial charge >= 0.3 is 0 Å². The SMILES string of the molecule is CN1C(=O)C(c2ccc3occc3c2)[C@@](C)(c2cc(-c3cncc([N+](=O)[O-])c3)cs2)N=C1N. The lowest BCUT2D eigenvalue weighted by molar-refractivity contribution is -0.385. The van der Waals surface area contributed by atoms with Gasteiger partial charge in [-0.25, -0.2) is 4.99 Å². The van der Waals surface area contributed by atoms with E-state index in [-0.39, 0.29) is 17.6 Å². The van der Waals surface area contributed by atoms with Gasteiger partial charge in [0.05, 0.1) is 17.1 Å². The van der Waals surface area contributed by atoms with Crippen LogP contribution in [-0.2, 0) is 10.3 Å². The summed E-state index contributed by atoms with van der Waals surface area (Å²) >= 11 is 1.42. The number of aliphatic imine (C=N–C) groups is 1. The predicted molar refractivity (Wildman–Crippen MR) is 125 cm³/mol. The first kappa shape index (κ1) is 20.8. The smallest absolute Gasteiger partial charge is 0.288 e. The number of guanidine groups is 1. The zero-order chi connectivity index (χ0) is 23.3. The molecule has 10 heteroatoms. The Kier molecular flexibility index (Phi) is 4.75. The number of rotatable bonds is 4. The molecule has 0 spiro atoms. The van der Waals surface area contributed by atoms with Gasteiger partial charge in [-0.15, -0.1) is 11.3 Å². The summed E-state index contributed by atoms with van der Waals surface area (Å²) in [5, 5.41) is 13.9. The van der Waals surface area contributed by atoms with E-state index in [1.165, 1.54) is 28.5 Å². The molecule has 0 saturated carbocycles. The number of fused-ring (bicyclic) bond motifs is 1. The zero-order valence-corrected chi connectivity index (χ0v) is 18.6. The normalized spacial score (nSPS) is 20.8. The Morgan fingerprint density at radius 1 is 1.21 bits per heavy atom. The van der Waals surface area contributed by atoms with Crippen molar-refractivity contribution in [2.75, 3.05) is 7.05 Å². The minimum atomic E-state index is -0.970. The van der Waals surface area contributed by atoms with Crippen molar-refractivity contribution in [3.8, 4) is 11.1 Å². The van der Waals surface area contributed by atoms with Crippen LogP contribution >= 0.6 is 11.3 Å². The number of nitro groups is 1. The Morgan fingerprint density at radius 3 is 2.82 bits per heavy atom. The van der Waals surface area contributed by atoms with Crippen molar-refractivity contribution in [3.05, 3.63) is 81.0 Å². The highest BCUT2D eigenvalue weighted by Gasteiger charge is 2.48. The molecule has 3 aromatic heterocycles. The average molecular weight is 462 g/mol. The second kappa shape index (κ2) is 7.52. The third-order valence-electron chi connectivity index (χ3n) is 6.01. The first-order chi connectivity index (χ1) is 15.8. The van der Waals surface area contributed by atoms with E-state index >= 15 is 0 Å². The van der Waals surface area contributed by atoms with Crippen LogP contribution in [0.3, 0.4) is 0 Å². The Balaban J connectivity index is 1.63. The summed E-state index contributed by atoms with van der Waals surface area (Å²) in [7, 11) is 1.61. The predicted octanol–water partition coefficient (Wildman–Crippen LogP) is 4.25. The summed E-state index contributed by atoms with van der Waals surface area (Å²) in [5.41, 5.74) is 7.97. The molecule has 4 heterocycles. The summed E-state index contributed by atoms with van der Waals surface area (Å²) < 4.78 is 5.45. The Hall–Kier alpha value is -4.05. The zero-order valence-electron chi connectivity index (χ0n) is 17.8. The van der Waals surface area contributed by atoms with Crippen molar-refractivity contribution in [2.24, 2.45) is 10.7 Å². The van der Waals surface area contributed by atoms with Gasteiger partial charge in [-0.2, -0.15) is 0 Å². The number of pyridine rings is 1. The maximum Gasteiger partial charge on any atom is 0.288 e. The number of amides is 1. The minimum absolute atomic E-state index is 0.0884. The van der Waals surface area contributed by atoms with Crippen LogP contribution < -0.4 is 5.73 Å². The van der Waals surface area contributed by atoms with Crippen LogP contribution in [0, 0.1) is 10.1 Å². The highest BCUT2D eigenvalue weighted by atomic mass is 32.1. The molecule has 1 aliphatic heterocycles. The van der Waals surface area contributed by atoms with Gasteiger partial charge in [-0.1, -0.05) is 6.07 Å². The lowest BCUT2D eigenvalue weighted by Crippen LogP contribution is -2.52. The van der Waals surface area contributed by atoms with Crippen LogP contribution in [0.1, 0.15) is 23.3 Å². The van der Waals surface area contributed by atoms with Crippen molar-refractivity contribution in [3.63, 3.8) is 0 Å². The Labute approximate surface area is 192 Å². The maximum absolute atomic E-state index is 13.5. The van der Waals surface area contributed by atoms with Crippen molar-refractivity contribution in [1.29, 1.82) is 0 Å². The number of aromatic nitrogens is 1. The molecule has 0 saturated heterocycles. The van der Waals surface area contributed by atoms with Crippen LogP contribution in [0.5, 0.6) is 0 Å². The Bertz CT molecular complexity index is 1440. The van der Waals surface area contributed by atoms with Crippen LogP contribution in [0.25, 0.3) is 22.1 Å². The molecular weight excluding hydrogens is 442 g/mol. The number of thiophene rings is 1. The second-order valence-corrected chi connectivity index (χ2v) is 8.97. The number of carbonyl (C=O) groups excluding carboxylic acids is 1. The van der Waals surface area contributed by atoms with Gasteiger partial charge in [0.1, 0.15) is 17.3 Å². The molecule has 1 aliphatic rings. The molecule has 1 amide bonds. The monoisotopic (exact) mass is 461 g/mol. The molecule has 2 atom stereocenters. The van der Waals surface area contributed by atoms with E-state index in [0.717, 1.165) is 27.0 Å². The van der Waals surface area contributed by atoms with E-state index in [4.69, 9.17) is 15.1 Å². The Morgan fingerprint density at radius 2 is 2.03 bits per heavy atom. The minimum Gasteiger partial charge on any atom is -0.464 e. The molecule has 166 valence electrons. The molecule has 9 nitrogen and oxygen atoms in total. The molecule has 2 N–H and O–H groups in total. The van der Waals surface area contributed by atoms with E-state index in [2.05, 4.69) is 4.98 Å². The molecule has 1 aromatic carbocycles. The van der Waals surface area contributed by atoms with E-state index in [9.17, 15) is 14.9 Å². The number of likely N-dealkylation sites (N-methyl/N-ethyl adjacent to an activating group) is 1. The van der Waals surface area contributed by atoms with E-state index < -0.39 is 16.4 Å². The number of carbonyl (C=O) groups is 1. The second-order valence-electron chi connectivity index (χ2n) is 8.05. The fourth-order valence-corrected chi connectivity index (χ4v) is 5.25. The fourth-order valence-electron chi connectivity index (χ4n) is 4.19. The number of benzene rings is 1. The van der Waals surface area contributed by atoms with Crippen molar-refractivity contribution < 1.29 is 14.1 Å². The standard InChI is InChI=1S/C23H19N5O4S/c1-23(19-9-16(12-33-19)15-8-17(28(30)31)11-25-10-15)20(21(29)27(2)22(24)26-23)14-3-4-18-13(7-14)5-6-32-18/h3-12,20H,1-2H3,(H2,24,26)/t20?,23-/m1/s1. The number of nitrogens with zero attached hydrogens (tertiary/aromatic N) is 4. The quantitative estimate of drug-likeness (QED) is 0.357. The average Bonchev–Trinajstić information content (AvgIpc) is 3.47. The van der Waals surface area contributed by atoms with E-state index in [0.29, 0.717) is 5.56 Å². The van der Waals surface area contributed by atoms with Gasteiger partial charge in [-0.3, -0.25) is 24.8 Å². The highest BCUT2D eigenvalue weighted by molar-refractivity contribution is 7.10. The number of furan rings is 1. The maximum atomic E-state index is 13.5. The molecule has 0 aliphatic carbocycles. The third-order valence-corrected chi connectivity index (χ3v) is 7.16. The summed E-state index contributed by atoms with van der Waals surface area (Å²) in [6.07, 6.45) is 4.39. The molecule has 0 bridgehead atoms. The van der Waals surface area contributed by atoms with Gasteiger partial charge in [0.15, 0.2) is 5.96 Å². The molecule has 33 heavy (non-hydrogen) atoms. The van der Waals surface area contributed by atoms with Crippen LogP contribution in [-0.4, -0.2) is 33.7 Å². The molecular formula is C23H19N5O4S. The summed E-state index contributed by atoms with van der Waals surface area (Å²) in [6.45, 7) is 1.89. The molecule has 5 rings (SSSR count). The topological polar surface area (TPSA) is 128 Å². The summed E-state index contributed by atoms with van der Waals surface area (Å²) in [5.74, 6) is -0.654. The van der Waals surface area contributed by atoms with Crippen LogP contribution in [0.15, 0.2) is 69.8 Å². The van der Waals surface area contributed by atoms with Crippen LogP contribution in [0.4, 0.5) is 5.69 Å². The molecule has 0 fully saturated rings. The number of hydrogen-bond donors (Lipinski definition) is 1. The molecule has 1 unspecified atom stereocenters. The summed E-state index contributed by atoms with van der Waals surface area (Å²) in [6, 6.07) is 10.9. The highest BCUT2D eigenvalue weighted by Crippen LogP contribution is 2.47. The third kappa shape index (κ3) is 3.35. The van der Waals surface area contributed by atoms with E-state index in [1.807, 2.05) is 42.6 Å². The molecule has 4 aromatic rings. The van der Waals surface area contributed by atoms with Crippen molar-refractivity contribution >= 4 is 39.9 Å². The summed E-state index contributed by atoms with van der Waals surface area (Å²) in [4.78, 5) is 35.1. The van der Waals surface area contributed by atoms with Gasteiger partial charge in [0, 0.05) is 35.1 Å². The van der Waals surface area contributed by atoms with Crippen LogP contribution in [0.2, 0.25) is 0 Å². The lowest BCUT2D eigenvalue weighted by atomic mass is 9.77. The van der Waals surface area contributed by atoms with Crippen molar-refractivity contribution in [2.45, 2.75) is 18.4 Å².